The molecular formula is C19H25N3O2. The fraction of sp³-hybridized carbons (Fsp3) is 0.474. The molecule has 128 valence electrons. The third-order valence-electron chi connectivity index (χ3n) is 5.00. The van der Waals surface area contributed by atoms with Crippen LogP contribution in [0.4, 0.5) is 0 Å². The Morgan fingerprint density at radius 3 is 2.58 bits per heavy atom. The molecule has 0 unspecified atom stereocenters. The zero-order valence-corrected chi connectivity index (χ0v) is 14.8. The number of carbonyl (C=O) groups is 1. The molecule has 0 spiro atoms. The van der Waals surface area contributed by atoms with Crippen LogP contribution in [0.5, 0.6) is 0 Å². The van der Waals surface area contributed by atoms with Crippen LogP contribution < -0.4 is 0 Å². The van der Waals surface area contributed by atoms with Crippen molar-refractivity contribution in [3.8, 4) is 0 Å². The Hall–Kier alpha value is -2.14. The first-order chi connectivity index (χ1) is 11.5. The van der Waals surface area contributed by atoms with Crippen LogP contribution in [0.2, 0.25) is 0 Å². The molecular weight excluding hydrogens is 302 g/mol. The third kappa shape index (κ3) is 2.84. The van der Waals surface area contributed by atoms with Crippen LogP contribution in [0.3, 0.4) is 0 Å². The summed E-state index contributed by atoms with van der Waals surface area (Å²) in [5.74, 6) is 0.0360. The Bertz CT molecular complexity index is 724. The summed E-state index contributed by atoms with van der Waals surface area (Å²) in [5, 5.41) is 4.52. The molecule has 1 fully saturated rings. The van der Waals surface area contributed by atoms with Crippen molar-refractivity contribution in [3.05, 3.63) is 52.8 Å². The summed E-state index contributed by atoms with van der Waals surface area (Å²) in [7, 11) is 3.55. The van der Waals surface area contributed by atoms with E-state index in [9.17, 15) is 4.79 Å². The standard InChI is InChI=1S/C19H25N3O2/c1-13-17(14(2)21(3)20-13)16-11-8-12-22(16)19(23)18(24-4)15-9-6-5-7-10-15/h5-7,9-10,16,18H,8,11-12H2,1-4H3/t16-,18-/m0/s1. The van der Waals surface area contributed by atoms with Gasteiger partial charge in [0.25, 0.3) is 5.91 Å². The topological polar surface area (TPSA) is 47.4 Å². The van der Waals surface area contributed by atoms with Gasteiger partial charge in [-0.05, 0) is 32.3 Å². The zero-order valence-electron chi connectivity index (χ0n) is 14.8. The first kappa shape index (κ1) is 16.7. The van der Waals surface area contributed by atoms with E-state index in [0.29, 0.717) is 0 Å². The largest absolute Gasteiger partial charge is 0.367 e. The molecule has 2 aromatic rings. The zero-order chi connectivity index (χ0) is 17.3. The number of methoxy groups -OCH3 is 1. The smallest absolute Gasteiger partial charge is 0.256 e. The molecule has 1 aliphatic heterocycles. The molecule has 3 rings (SSSR count). The number of rotatable bonds is 4. The lowest BCUT2D eigenvalue weighted by molar-refractivity contribution is -0.143. The summed E-state index contributed by atoms with van der Waals surface area (Å²) in [6.45, 7) is 4.86. The van der Waals surface area contributed by atoms with E-state index < -0.39 is 6.10 Å². The average molecular weight is 327 g/mol. The number of aromatic nitrogens is 2. The monoisotopic (exact) mass is 327 g/mol. The lowest BCUT2D eigenvalue weighted by Gasteiger charge is -2.29. The van der Waals surface area contributed by atoms with E-state index in [1.54, 1.807) is 7.11 Å². The Labute approximate surface area is 143 Å². The highest BCUT2D eigenvalue weighted by Crippen LogP contribution is 2.37. The molecule has 2 heterocycles. The summed E-state index contributed by atoms with van der Waals surface area (Å²) in [6, 6.07) is 9.79. The van der Waals surface area contributed by atoms with Gasteiger partial charge in [0, 0.05) is 32.0 Å². The second kappa shape index (κ2) is 6.77. The van der Waals surface area contributed by atoms with Gasteiger partial charge in [-0.25, -0.2) is 0 Å². The third-order valence-corrected chi connectivity index (χ3v) is 5.00. The number of hydrogen-bond donors (Lipinski definition) is 0. The lowest BCUT2D eigenvalue weighted by Crippen LogP contribution is -2.35. The fourth-order valence-corrected chi connectivity index (χ4v) is 3.76. The Morgan fingerprint density at radius 1 is 1.29 bits per heavy atom. The lowest BCUT2D eigenvalue weighted by atomic mass is 10.0. The number of carbonyl (C=O) groups excluding carboxylic acids is 1. The highest BCUT2D eigenvalue weighted by atomic mass is 16.5. The number of ether oxygens (including phenoxy) is 1. The minimum atomic E-state index is -0.552. The molecule has 1 aromatic carbocycles. The molecule has 0 saturated carbocycles. The van der Waals surface area contributed by atoms with Gasteiger partial charge in [0.2, 0.25) is 0 Å². The van der Waals surface area contributed by atoms with E-state index in [-0.39, 0.29) is 11.9 Å². The van der Waals surface area contributed by atoms with Gasteiger partial charge in [-0.2, -0.15) is 5.10 Å². The van der Waals surface area contributed by atoms with Gasteiger partial charge in [0.05, 0.1) is 11.7 Å². The van der Waals surface area contributed by atoms with Crippen molar-refractivity contribution in [2.24, 2.45) is 7.05 Å². The molecule has 0 N–H and O–H groups in total. The maximum atomic E-state index is 13.2. The van der Waals surface area contributed by atoms with Crippen LogP contribution in [0, 0.1) is 13.8 Å². The van der Waals surface area contributed by atoms with Crippen molar-refractivity contribution in [2.45, 2.75) is 38.8 Å². The van der Waals surface area contributed by atoms with Crippen LogP contribution >= 0.6 is 0 Å². The second-order valence-electron chi connectivity index (χ2n) is 6.42. The molecule has 5 nitrogen and oxygen atoms in total. The number of nitrogens with zero attached hydrogens (tertiary/aromatic N) is 3. The van der Waals surface area contributed by atoms with Crippen LogP contribution in [0.15, 0.2) is 30.3 Å². The first-order valence-corrected chi connectivity index (χ1v) is 8.43. The number of amides is 1. The van der Waals surface area contributed by atoms with Gasteiger partial charge < -0.3 is 9.64 Å². The second-order valence-corrected chi connectivity index (χ2v) is 6.42. The van der Waals surface area contributed by atoms with Crippen LogP contribution in [-0.2, 0) is 16.6 Å². The molecule has 1 aromatic heterocycles. The van der Waals surface area contributed by atoms with E-state index in [4.69, 9.17) is 4.74 Å². The normalized spacial score (nSPS) is 18.8. The summed E-state index contributed by atoms with van der Waals surface area (Å²) in [5.41, 5.74) is 4.22. The molecule has 1 saturated heterocycles. The van der Waals surface area contributed by atoms with E-state index in [1.165, 1.54) is 5.56 Å². The van der Waals surface area contributed by atoms with Gasteiger partial charge in [-0.1, -0.05) is 30.3 Å². The van der Waals surface area contributed by atoms with Crippen molar-refractivity contribution in [2.75, 3.05) is 13.7 Å². The molecule has 24 heavy (non-hydrogen) atoms. The molecule has 1 aliphatic rings. The molecule has 0 radical (unpaired) electrons. The van der Waals surface area contributed by atoms with Crippen LogP contribution in [0.25, 0.3) is 0 Å². The van der Waals surface area contributed by atoms with Crippen molar-refractivity contribution < 1.29 is 9.53 Å². The Morgan fingerprint density at radius 2 is 2.00 bits per heavy atom. The first-order valence-electron chi connectivity index (χ1n) is 8.43. The van der Waals surface area contributed by atoms with Crippen LogP contribution in [0.1, 0.15) is 47.5 Å². The van der Waals surface area contributed by atoms with Gasteiger partial charge in [-0.15, -0.1) is 0 Å². The van der Waals surface area contributed by atoms with E-state index in [2.05, 4.69) is 12.0 Å². The molecule has 1 amide bonds. The summed E-state index contributed by atoms with van der Waals surface area (Å²) in [4.78, 5) is 15.1. The maximum Gasteiger partial charge on any atom is 0.256 e. The van der Waals surface area contributed by atoms with Gasteiger partial charge in [0.15, 0.2) is 6.10 Å². The maximum absolute atomic E-state index is 13.2. The number of hydrogen-bond acceptors (Lipinski definition) is 3. The Balaban J connectivity index is 1.91. The number of aryl methyl sites for hydroxylation is 2. The summed E-state index contributed by atoms with van der Waals surface area (Å²) < 4.78 is 7.45. The quantitative estimate of drug-likeness (QED) is 0.867. The molecule has 0 bridgehead atoms. The number of likely N-dealkylation sites (tertiary alicyclic amines) is 1. The van der Waals surface area contributed by atoms with E-state index in [1.807, 2.05) is 53.9 Å². The van der Waals surface area contributed by atoms with Gasteiger partial charge >= 0.3 is 0 Å². The van der Waals surface area contributed by atoms with Crippen LogP contribution in [-0.4, -0.2) is 34.2 Å². The van der Waals surface area contributed by atoms with E-state index >= 15 is 0 Å². The average Bonchev–Trinajstić information content (AvgIpc) is 3.14. The summed E-state index contributed by atoms with van der Waals surface area (Å²) >= 11 is 0. The fourth-order valence-electron chi connectivity index (χ4n) is 3.76. The Kier molecular flexibility index (Phi) is 4.71. The number of benzene rings is 1. The van der Waals surface area contributed by atoms with Gasteiger partial charge in [0.1, 0.15) is 0 Å². The van der Waals surface area contributed by atoms with Crippen molar-refractivity contribution >= 4 is 5.91 Å². The summed E-state index contributed by atoms with van der Waals surface area (Å²) in [6.07, 6.45) is 1.43. The van der Waals surface area contributed by atoms with Gasteiger partial charge in [-0.3, -0.25) is 9.48 Å². The predicted molar refractivity (Wildman–Crippen MR) is 92.6 cm³/mol. The van der Waals surface area contributed by atoms with Crippen molar-refractivity contribution in [1.29, 1.82) is 0 Å². The van der Waals surface area contributed by atoms with E-state index in [0.717, 1.165) is 36.3 Å². The predicted octanol–water partition coefficient (Wildman–Crippen LogP) is 3.09. The minimum Gasteiger partial charge on any atom is -0.367 e. The van der Waals surface area contributed by atoms with Crippen molar-refractivity contribution in [3.63, 3.8) is 0 Å². The van der Waals surface area contributed by atoms with Crippen molar-refractivity contribution in [1.82, 2.24) is 14.7 Å². The highest BCUT2D eigenvalue weighted by Gasteiger charge is 2.37. The highest BCUT2D eigenvalue weighted by molar-refractivity contribution is 5.83. The minimum absolute atomic E-state index is 0.0360. The SMILES string of the molecule is CO[C@H](C(=O)N1CCC[C@H]1c1c(C)nn(C)c1C)c1ccccc1. The molecule has 5 heteroatoms. The molecule has 2 atom stereocenters. The molecule has 0 aliphatic carbocycles.